The van der Waals surface area contributed by atoms with E-state index in [2.05, 4.69) is 10.3 Å². The zero-order valence-corrected chi connectivity index (χ0v) is 23.5. The maximum Gasteiger partial charge on any atom is 0.271 e. The van der Waals surface area contributed by atoms with Crippen LogP contribution in [0.15, 0.2) is 97.1 Å². The number of aromatic nitrogens is 1. The second-order valence-electron chi connectivity index (χ2n) is 9.92. The van der Waals surface area contributed by atoms with Crippen molar-refractivity contribution < 1.29 is 32.3 Å². The third-order valence-electron chi connectivity index (χ3n) is 6.86. The molecular weight excluding hydrogens is 573 g/mol. The monoisotopic (exact) mass is 600 g/mol. The summed E-state index contributed by atoms with van der Waals surface area (Å²) in [5, 5.41) is 3.02. The zero-order valence-electron chi connectivity index (χ0n) is 23.5. The van der Waals surface area contributed by atoms with Crippen molar-refractivity contribution in [1.29, 1.82) is 0 Å². The molecule has 224 valence electrons. The summed E-state index contributed by atoms with van der Waals surface area (Å²) in [5.74, 6) is -2.40. The Hall–Kier alpha value is -5.58. The first kappa shape index (κ1) is 29.9. The lowest BCUT2D eigenvalue weighted by molar-refractivity contribution is -0.123. The predicted molar refractivity (Wildman–Crippen MR) is 159 cm³/mol. The van der Waals surface area contributed by atoms with Crippen molar-refractivity contribution in [2.24, 2.45) is 0 Å². The van der Waals surface area contributed by atoms with Crippen LogP contribution in [-0.2, 0) is 16.1 Å². The number of H-pyrrole nitrogens is 1. The molecule has 0 unspecified atom stereocenters. The number of benzene rings is 4. The summed E-state index contributed by atoms with van der Waals surface area (Å²) in [4.78, 5) is 44.8. The largest absolute Gasteiger partial charge is 0.457 e. The molecule has 0 atom stereocenters. The molecule has 2 N–H and O–H groups in total. The third kappa shape index (κ3) is 7.06. The molecule has 0 aliphatic carbocycles. The van der Waals surface area contributed by atoms with Crippen LogP contribution in [0.25, 0.3) is 10.9 Å². The molecule has 3 amide bonds. The van der Waals surface area contributed by atoms with Gasteiger partial charge >= 0.3 is 0 Å². The molecular formula is C33H27F3N4O4. The minimum Gasteiger partial charge on any atom is -0.457 e. The van der Waals surface area contributed by atoms with Crippen LogP contribution >= 0.6 is 0 Å². The molecule has 0 radical (unpaired) electrons. The molecule has 5 rings (SSSR count). The van der Waals surface area contributed by atoms with E-state index in [9.17, 15) is 27.6 Å². The number of halogens is 3. The molecule has 0 aliphatic rings. The van der Waals surface area contributed by atoms with Crippen LogP contribution in [0.5, 0.6) is 11.5 Å². The highest BCUT2D eigenvalue weighted by molar-refractivity contribution is 6.03. The highest BCUT2D eigenvalue weighted by atomic mass is 19.1. The summed E-state index contributed by atoms with van der Waals surface area (Å²) in [6, 6.07) is 23.8. The van der Waals surface area contributed by atoms with Crippen LogP contribution in [0, 0.1) is 17.5 Å². The molecule has 0 saturated heterocycles. The summed E-state index contributed by atoms with van der Waals surface area (Å²) >= 11 is 0. The maximum absolute atomic E-state index is 14.3. The van der Waals surface area contributed by atoms with Crippen LogP contribution in [0.2, 0.25) is 0 Å². The van der Waals surface area contributed by atoms with Crippen LogP contribution in [0.4, 0.5) is 18.9 Å². The first-order chi connectivity index (χ1) is 21.2. The van der Waals surface area contributed by atoms with E-state index in [0.29, 0.717) is 22.6 Å². The SMILES string of the molecule is CN(C(=O)CN(CC(=O)NCc1ccccc1F)C(=O)c1cc2cccc(F)c2[nH]1)c1ccc(Oc2ccc(F)cc2)cc1. The number of aromatic amines is 1. The maximum atomic E-state index is 14.3. The minimum absolute atomic E-state index is 0.00949. The van der Waals surface area contributed by atoms with Gasteiger partial charge in [0.05, 0.1) is 5.52 Å². The van der Waals surface area contributed by atoms with E-state index in [-0.39, 0.29) is 29.1 Å². The van der Waals surface area contributed by atoms with E-state index in [4.69, 9.17) is 4.74 Å². The molecule has 0 fully saturated rings. The average molecular weight is 601 g/mol. The number of fused-ring (bicyclic) bond motifs is 1. The Morgan fingerprint density at radius 2 is 1.45 bits per heavy atom. The van der Waals surface area contributed by atoms with Gasteiger partial charge in [-0.15, -0.1) is 0 Å². The highest BCUT2D eigenvalue weighted by Crippen LogP contribution is 2.25. The number of carbonyl (C=O) groups excluding carboxylic acids is 3. The van der Waals surface area contributed by atoms with Crippen molar-refractivity contribution in [2.75, 3.05) is 25.0 Å². The van der Waals surface area contributed by atoms with Crippen molar-refractivity contribution >= 4 is 34.3 Å². The molecule has 0 saturated carbocycles. The summed E-state index contributed by atoms with van der Waals surface area (Å²) in [7, 11) is 1.51. The number of hydrogen-bond acceptors (Lipinski definition) is 4. The normalized spacial score (nSPS) is 10.8. The van der Waals surface area contributed by atoms with E-state index in [1.54, 1.807) is 36.4 Å². The molecule has 4 aromatic carbocycles. The van der Waals surface area contributed by atoms with Gasteiger partial charge < -0.3 is 24.8 Å². The number of para-hydroxylation sites is 1. The van der Waals surface area contributed by atoms with Crippen molar-refractivity contribution in [2.45, 2.75) is 6.54 Å². The Morgan fingerprint density at radius 1 is 0.795 bits per heavy atom. The van der Waals surface area contributed by atoms with Crippen molar-refractivity contribution in [3.8, 4) is 11.5 Å². The fourth-order valence-corrected chi connectivity index (χ4v) is 4.46. The topological polar surface area (TPSA) is 94.7 Å². The summed E-state index contributed by atoms with van der Waals surface area (Å²) < 4.78 is 47.2. The number of amides is 3. The van der Waals surface area contributed by atoms with E-state index in [1.165, 1.54) is 72.6 Å². The number of rotatable bonds is 10. The quantitative estimate of drug-likeness (QED) is 0.212. The van der Waals surface area contributed by atoms with Crippen molar-refractivity contribution in [1.82, 2.24) is 15.2 Å². The molecule has 5 aromatic rings. The highest BCUT2D eigenvalue weighted by Gasteiger charge is 2.25. The Morgan fingerprint density at radius 3 is 2.14 bits per heavy atom. The van der Waals surface area contributed by atoms with E-state index in [0.717, 1.165) is 4.90 Å². The summed E-state index contributed by atoms with van der Waals surface area (Å²) in [6.45, 7) is -1.13. The van der Waals surface area contributed by atoms with Gasteiger partial charge in [0.2, 0.25) is 11.8 Å². The smallest absolute Gasteiger partial charge is 0.271 e. The number of anilines is 1. The van der Waals surface area contributed by atoms with E-state index < -0.39 is 42.4 Å². The standard InChI is InChI=1S/C33H27F3N4O4/c1-39(24-11-15-26(16-12-24)44-25-13-9-23(34)10-14-25)31(42)20-40(19-30(41)37-18-22-5-2-3-7-27(22)35)33(43)29-17-21-6-4-8-28(36)32(21)38-29/h2-17,38H,18-20H2,1H3,(H,37,41). The molecule has 8 nitrogen and oxygen atoms in total. The fourth-order valence-electron chi connectivity index (χ4n) is 4.46. The number of nitrogens with one attached hydrogen (secondary N) is 2. The van der Waals surface area contributed by atoms with Gasteiger partial charge in [0.1, 0.15) is 47.7 Å². The molecule has 11 heteroatoms. The van der Waals surface area contributed by atoms with Gasteiger partial charge in [-0.3, -0.25) is 14.4 Å². The molecule has 1 aromatic heterocycles. The second kappa shape index (κ2) is 13.2. The summed E-state index contributed by atoms with van der Waals surface area (Å²) in [6.07, 6.45) is 0. The van der Waals surface area contributed by atoms with Gasteiger partial charge in [0.25, 0.3) is 5.91 Å². The molecule has 44 heavy (non-hydrogen) atoms. The first-order valence-electron chi connectivity index (χ1n) is 13.5. The molecule has 1 heterocycles. The van der Waals surface area contributed by atoms with Gasteiger partial charge in [-0.1, -0.05) is 30.3 Å². The Bertz CT molecular complexity index is 1810. The van der Waals surface area contributed by atoms with E-state index >= 15 is 0 Å². The van der Waals surface area contributed by atoms with Crippen LogP contribution in [-0.4, -0.2) is 47.7 Å². The minimum atomic E-state index is -0.702. The zero-order chi connectivity index (χ0) is 31.2. The number of carbonyl (C=O) groups is 3. The first-order valence-corrected chi connectivity index (χ1v) is 13.5. The fraction of sp³-hybridized carbons (Fsp3) is 0.121. The van der Waals surface area contributed by atoms with Crippen LogP contribution < -0.4 is 15.0 Å². The van der Waals surface area contributed by atoms with Crippen molar-refractivity contribution in [3.05, 3.63) is 126 Å². The lowest BCUT2D eigenvalue weighted by Crippen LogP contribution is -2.46. The van der Waals surface area contributed by atoms with Crippen molar-refractivity contribution in [3.63, 3.8) is 0 Å². The lowest BCUT2D eigenvalue weighted by Gasteiger charge is -2.25. The molecule has 0 aliphatic heterocycles. The average Bonchev–Trinajstić information content (AvgIpc) is 3.47. The van der Waals surface area contributed by atoms with Gasteiger partial charge in [-0.25, -0.2) is 13.2 Å². The van der Waals surface area contributed by atoms with E-state index in [1.807, 2.05) is 0 Å². The van der Waals surface area contributed by atoms with Crippen LogP contribution in [0.3, 0.4) is 0 Å². The summed E-state index contributed by atoms with van der Waals surface area (Å²) in [5.41, 5.74) is 0.842. The Balaban J connectivity index is 1.31. The lowest BCUT2D eigenvalue weighted by atomic mass is 10.2. The second-order valence-corrected chi connectivity index (χ2v) is 9.92. The Kier molecular flexibility index (Phi) is 8.94. The number of nitrogens with zero attached hydrogens (tertiary/aromatic N) is 2. The van der Waals surface area contributed by atoms with Gasteiger partial charge in [-0.2, -0.15) is 0 Å². The number of hydrogen-bond donors (Lipinski definition) is 2. The Labute approximate surface area is 250 Å². The van der Waals surface area contributed by atoms with Gasteiger partial charge in [0.15, 0.2) is 0 Å². The van der Waals surface area contributed by atoms with Gasteiger partial charge in [0, 0.05) is 30.2 Å². The van der Waals surface area contributed by atoms with Gasteiger partial charge in [-0.05, 0) is 66.7 Å². The van der Waals surface area contributed by atoms with Crippen LogP contribution in [0.1, 0.15) is 16.1 Å². The predicted octanol–water partition coefficient (Wildman–Crippen LogP) is 5.80. The molecule has 0 bridgehead atoms. The third-order valence-corrected chi connectivity index (χ3v) is 6.86. The number of likely N-dealkylation sites (N-methyl/N-ethyl adjacent to an activating group) is 1. The molecule has 0 spiro atoms. The number of ether oxygens (including phenoxy) is 1.